The molecule has 0 aliphatic rings. The molecule has 0 aliphatic heterocycles. The third kappa shape index (κ3) is 2.86. The Labute approximate surface area is 177 Å². The van der Waals surface area contributed by atoms with Crippen LogP contribution in [-0.2, 0) is 0 Å². The van der Waals surface area contributed by atoms with Gasteiger partial charge in [-0.2, -0.15) is 5.10 Å². The highest BCUT2D eigenvalue weighted by Gasteiger charge is 2.15. The minimum absolute atomic E-state index is 0.673. The Morgan fingerprint density at radius 1 is 0.742 bits per heavy atom. The minimum Gasteiger partial charge on any atom is -0.352 e. The van der Waals surface area contributed by atoms with Gasteiger partial charge in [-0.1, -0.05) is 0 Å². The summed E-state index contributed by atoms with van der Waals surface area (Å²) >= 11 is 0. The van der Waals surface area contributed by atoms with Crippen LogP contribution in [0, 0.1) is 6.92 Å². The Balaban J connectivity index is 1.52. The minimum atomic E-state index is 0.673. The van der Waals surface area contributed by atoms with Gasteiger partial charge in [0.1, 0.15) is 0 Å². The Kier molecular flexibility index (Phi) is 3.86. The fourth-order valence-electron chi connectivity index (χ4n) is 3.97. The summed E-state index contributed by atoms with van der Waals surface area (Å²) in [4.78, 5) is 20.8. The number of aromatic nitrogens is 7. The van der Waals surface area contributed by atoms with E-state index in [1.165, 1.54) is 0 Å². The number of fused-ring (bicyclic) bond motifs is 2. The lowest BCUT2D eigenvalue weighted by Gasteiger charge is -2.04. The van der Waals surface area contributed by atoms with Crippen LogP contribution in [0.3, 0.4) is 0 Å². The van der Waals surface area contributed by atoms with E-state index in [0.717, 1.165) is 55.5 Å². The molecule has 31 heavy (non-hydrogen) atoms. The molecule has 6 aromatic heterocycles. The summed E-state index contributed by atoms with van der Waals surface area (Å²) in [7, 11) is 0. The summed E-state index contributed by atoms with van der Waals surface area (Å²) in [5.41, 5.74) is 8.80. The monoisotopic (exact) mass is 403 g/mol. The van der Waals surface area contributed by atoms with Gasteiger partial charge in [-0.15, -0.1) is 0 Å². The van der Waals surface area contributed by atoms with Crippen LogP contribution in [0.5, 0.6) is 0 Å². The van der Waals surface area contributed by atoms with Gasteiger partial charge in [-0.25, -0.2) is 4.98 Å². The van der Waals surface area contributed by atoms with Crippen molar-refractivity contribution in [2.24, 2.45) is 0 Å². The summed E-state index contributed by atoms with van der Waals surface area (Å²) in [6.07, 6.45) is 12.8. The quantitative estimate of drug-likeness (QED) is 0.437. The molecule has 0 amide bonds. The summed E-state index contributed by atoms with van der Waals surface area (Å²) in [5, 5.41) is 9.60. The topological polar surface area (TPSA) is 96.0 Å². The fraction of sp³-hybridized carbons (Fsp3) is 0.0417. The second-order valence-corrected chi connectivity index (χ2v) is 7.45. The van der Waals surface area contributed by atoms with Crippen LogP contribution in [-0.4, -0.2) is 35.1 Å². The molecular weight excluding hydrogens is 386 g/mol. The Morgan fingerprint density at radius 2 is 1.58 bits per heavy atom. The van der Waals surface area contributed by atoms with Crippen molar-refractivity contribution in [1.29, 1.82) is 0 Å². The molecule has 0 saturated heterocycles. The molecule has 148 valence electrons. The van der Waals surface area contributed by atoms with Gasteiger partial charge in [-0.3, -0.25) is 20.1 Å². The molecule has 6 aromatic rings. The predicted molar refractivity (Wildman–Crippen MR) is 120 cm³/mol. The maximum Gasteiger partial charge on any atom is 0.181 e. The van der Waals surface area contributed by atoms with Gasteiger partial charge in [0.15, 0.2) is 5.65 Å². The Morgan fingerprint density at radius 3 is 2.45 bits per heavy atom. The van der Waals surface area contributed by atoms with Crippen LogP contribution in [0.25, 0.3) is 55.6 Å². The number of hydrogen-bond donors (Lipinski definition) is 2. The number of nitrogens with zero attached hydrogens (tertiary/aromatic N) is 5. The van der Waals surface area contributed by atoms with Crippen molar-refractivity contribution >= 4 is 21.9 Å². The maximum absolute atomic E-state index is 4.56. The van der Waals surface area contributed by atoms with E-state index in [9.17, 15) is 0 Å². The van der Waals surface area contributed by atoms with Crippen molar-refractivity contribution in [2.75, 3.05) is 0 Å². The lowest BCUT2D eigenvalue weighted by atomic mass is 10.0. The second kappa shape index (κ2) is 6.84. The fourth-order valence-corrected chi connectivity index (χ4v) is 3.97. The molecule has 0 saturated carbocycles. The lowest BCUT2D eigenvalue weighted by Crippen LogP contribution is -1.87. The first kappa shape index (κ1) is 17.5. The van der Waals surface area contributed by atoms with E-state index in [0.29, 0.717) is 5.65 Å². The highest BCUT2D eigenvalue weighted by atomic mass is 15.2. The highest BCUT2D eigenvalue weighted by molar-refractivity contribution is 6.00. The van der Waals surface area contributed by atoms with Gasteiger partial charge in [0.05, 0.1) is 23.1 Å². The average molecular weight is 403 g/mol. The molecule has 6 heterocycles. The number of H-pyrrole nitrogens is 2. The molecule has 0 spiro atoms. The molecule has 2 N–H and O–H groups in total. The lowest BCUT2D eigenvalue weighted by molar-refractivity contribution is 1.10. The zero-order valence-electron chi connectivity index (χ0n) is 16.7. The van der Waals surface area contributed by atoms with Crippen molar-refractivity contribution < 1.29 is 0 Å². The number of aromatic amines is 2. The zero-order valence-corrected chi connectivity index (χ0v) is 16.7. The SMILES string of the molecule is Cc1ccncc1-c1cnc2n[nH]c(-c3cc4c(-c5ccncc5)cncc4[nH]3)c2c1. The first-order valence-electron chi connectivity index (χ1n) is 9.90. The van der Waals surface area contributed by atoms with Gasteiger partial charge < -0.3 is 4.98 Å². The van der Waals surface area contributed by atoms with Crippen molar-refractivity contribution in [2.45, 2.75) is 6.92 Å². The third-order valence-corrected chi connectivity index (χ3v) is 5.57. The highest BCUT2D eigenvalue weighted by Crippen LogP contribution is 2.34. The summed E-state index contributed by atoms with van der Waals surface area (Å²) in [6, 6.07) is 10.2. The number of nitrogens with one attached hydrogen (secondary N) is 2. The summed E-state index contributed by atoms with van der Waals surface area (Å²) < 4.78 is 0. The standard InChI is InChI=1S/C24H17N7/c1-14-2-5-26-11-19(14)16-8-18-23(30-31-24(18)28-10-16)21-9-17-20(12-27-13-22(17)29-21)15-3-6-25-7-4-15/h2-13,29H,1H3,(H,28,30,31). The molecule has 0 fully saturated rings. The average Bonchev–Trinajstić information content (AvgIpc) is 3.43. The molecule has 0 bridgehead atoms. The molecule has 6 rings (SSSR count). The largest absolute Gasteiger partial charge is 0.352 e. The van der Waals surface area contributed by atoms with Crippen molar-refractivity contribution in [3.8, 4) is 33.6 Å². The molecule has 0 unspecified atom stereocenters. The van der Waals surface area contributed by atoms with E-state index in [1.54, 1.807) is 18.6 Å². The number of pyridine rings is 4. The number of rotatable bonds is 3. The van der Waals surface area contributed by atoms with Gasteiger partial charge in [-0.05, 0) is 48.4 Å². The van der Waals surface area contributed by atoms with Gasteiger partial charge in [0, 0.05) is 64.6 Å². The zero-order chi connectivity index (χ0) is 20.8. The van der Waals surface area contributed by atoms with E-state index in [1.807, 2.05) is 43.0 Å². The van der Waals surface area contributed by atoms with Crippen LogP contribution in [0.1, 0.15) is 5.56 Å². The van der Waals surface area contributed by atoms with Crippen molar-refractivity contribution in [3.05, 3.63) is 79.3 Å². The van der Waals surface area contributed by atoms with Crippen LogP contribution in [0.4, 0.5) is 0 Å². The van der Waals surface area contributed by atoms with E-state index in [4.69, 9.17) is 0 Å². The van der Waals surface area contributed by atoms with Crippen molar-refractivity contribution in [3.63, 3.8) is 0 Å². The van der Waals surface area contributed by atoms with E-state index < -0.39 is 0 Å². The number of hydrogen-bond acceptors (Lipinski definition) is 5. The van der Waals surface area contributed by atoms with Gasteiger partial charge in [0.2, 0.25) is 0 Å². The Bertz CT molecular complexity index is 1550. The van der Waals surface area contributed by atoms with Crippen LogP contribution in [0.2, 0.25) is 0 Å². The normalized spacial score (nSPS) is 11.4. The van der Waals surface area contributed by atoms with Crippen LogP contribution >= 0.6 is 0 Å². The molecule has 0 atom stereocenters. The van der Waals surface area contributed by atoms with Gasteiger partial charge in [0.25, 0.3) is 0 Å². The van der Waals surface area contributed by atoms with Gasteiger partial charge >= 0.3 is 0 Å². The summed E-state index contributed by atoms with van der Waals surface area (Å²) in [6.45, 7) is 2.07. The third-order valence-electron chi connectivity index (χ3n) is 5.57. The summed E-state index contributed by atoms with van der Waals surface area (Å²) in [5.74, 6) is 0. The molecule has 0 aromatic carbocycles. The van der Waals surface area contributed by atoms with E-state index >= 15 is 0 Å². The Hall–Kier alpha value is -4.39. The second-order valence-electron chi connectivity index (χ2n) is 7.45. The maximum atomic E-state index is 4.56. The number of aryl methyl sites for hydroxylation is 1. The van der Waals surface area contributed by atoms with Crippen LogP contribution in [0.15, 0.2) is 73.7 Å². The first-order valence-corrected chi connectivity index (χ1v) is 9.90. The molecule has 0 radical (unpaired) electrons. The molecule has 7 nitrogen and oxygen atoms in total. The molecule has 7 heteroatoms. The van der Waals surface area contributed by atoms with E-state index in [2.05, 4.69) is 54.2 Å². The molecule has 0 aliphatic carbocycles. The predicted octanol–water partition coefficient (Wildman–Crippen LogP) is 4.93. The smallest absolute Gasteiger partial charge is 0.181 e. The van der Waals surface area contributed by atoms with E-state index in [-0.39, 0.29) is 0 Å². The van der Waals surface area contributed by atoms with Crippen molar-refractivity contribution in [1.82, 2.24) is 35.1 Å². The molecular formula is C24H17N7. The van der Waals surface area contributed by atoms with Crippen LogP contribution < -0.4 is 0 Å². The first-order chi connectivity index (χ1) is 15.3.